The van der Waals surface area contributed by atoms with Crippen LogP contribution < -0.4 is 5.32 Å². The number of carbonyl (C=O) groups is 2. The molecule has 2 rings (SSSR count). The molecule has 1 aliphatic rings. The molecule has 5 heteroatoms. The van der Waals surface area contributed by atoms with E-state index in [2.05, 4.69) is 10.3 Å². The van der Waals surface area contributed by atoms with Crippen LogP contribution in [0.25, 0.3) is 0 Å². The predicted molar refractivity (Wildman–Crippen MR) is 89.8 cm³/mol. The van der Waals surface area contributed by atoms with Crippen LogP contribution in [0.2, 0.25) is 0 Å². The standard InChI is InChI=1S/C18H28N2O3/c1-4-14-15(18(22)23-3)12(2)16(20-14)17(21)19-13-10-8-6-5-7-9-11-13/h13,20H,4-11H2,1-3H3,(H,19,21). The lowest BCUT2D eigenvalue weighted by atomic mass is 9.96. The average molecular weight is 320 g/mol. The van der Waals surface area contributed by atoms with E-state index in [1.807, 2.05) is 6.92 Å². The Morgan fingerprint density at radius 1 is 1.17 bits per heavy atom. The van der Waals surface area contributed by atoms with Crippen LogP contribution >= 0.6 is 0 Å². The summed E-state index contributed by atoms with van der Waals surface area (Å²) in [6.07, 6.45) is 8.87. The zero-order valence-corrected chi connectivity index (χ0v) is 14.5. The van der Waals surface area contributed by atoms with Gasteiger partial charge in [0.15, 0.2) is 0 Å². The number of aromatic amines is 1. The van der Waals surface area contributed by atoms with Crippen LogP contribution in [0.15, 0.2) is 0 Å². The number of nitrogens with one attached hydrogen (secondary N) is 2. The number of hydrogen-bond donors (Lipinski definition) is 2. The molecule has 1 fully saturated rings. The molecule has 0 aromatic carbocycles. The average Bonchev–Trinajstić information content (AvgIpc) is 2.85. The minimum Gasteiger partial charge on any atom is -0.465 e. The highest BCUT2D eigenvalue weighted by atomic mass is 16.5. The molecule has 0 radical (unpaired) electrons. The van der Waals surface area contributed by atoms with E-state index in [0.29, 0.717) is 23.2 Å². The van der Waals surface area contributed by atoms with Crippen molar-refractivity contribution in [2.75, 3.05) is 7.11 Å². The summed E-state index contributed by atoms with van der Waals surface area (Å²) in [5.41, 5.74) is 2.43. The summed E-state index contributed by atoms with van der Waals surface area (Å²) in [6, 6.07) is 0.233. The van der Waals surface area contributed by atoms with Crippen molar-refractivity contribution in [1.82, 2.24) is 10.3 Å². The Labute approximate surface area is 138 Å². The first kappa shape index (κ1) is 17.6. The molecule has 2 N–H and O–H groups in total. The Bertz CT molecular complexity index is 555. The number of rotatable bonds is 4. The summed E-state index contributed by atoms with van der Waals surface area (Å²) in [5.74, 6) is -0.501. The van der Waals surface area contributed by atoms with Gasteiger partial charge < -0.3 is 15.0 Å². The molecular weight excluding hydrogens is 292 g/mol. The van der Waals surface area contributed by atoms with Gasteiger partial charge in [0.2, 0.25) is 0 Å². The number of carbonyl (C=O) groups excluding carboxylic acids is 2. The Morgan fingerprint density at radius 3 is 2.35 bits per heavy atom. The quantitative estimate of drug-likeness (QED) is 0.834. The molecule has 0 aliphatic heterocycles. The lowest BCUT2D eigenvalue weighted by molar-refractivity contribution is 0.0599. The zero-order chi connectivity index (χ0) is 16.8. The second-order valence-electron chi connectivity index (χ2n) is 6.34. The van der Waals surface area contributed by atoms with Gasteiger partial charge in [-0.05, 0) is 31.7 Å². The van der Waals surface area contributed by atoms with E-state index in [9.17, 15) is 9.59 Å². The highest BCUT2D eigenvalue weighted by Crippen LogP contribution is 2.22. The number of methoxy groups -OCH3 is 1. The fourth-order valence-electron chi connectivity index (χ4n) is 3.39. The van der Waals surface area contributed by atoms with Crippen molar-refractivity contribution in [3.63, 3.8) is 0 Å². The van der Waals surface area contributed by atoms with Crippen LogP contribution in [0.5, 0.6) is 0 Å². The topological polar surface area (TPSA) is 71.2 Å². The number of hydrogen-bond acceptors (Lipinski definition) is 3. The molecule has 23 heavy (non-hydrogen) atoms. The molecule has 0 saturated heterocycles. The molecule has 128 valence electrons. The van der Waals surface area contributed by atoms with Crippen LogP contribution in [0, 0.1) is 6.92 Å². The van der Waals surface area contributed by atoms with Gasteiger partial charge in [-0.15, -0.1) is 0 Å². The van der Waals surface area contributed by atoms with Gasteiger partial charge in [0.1, 0.15) is 5.69 Å². The summed E-state index contributed by atoms with van der Waals surface area (Å²) in [6.45, 7) is 3.75. The largest absolute Gasteiger partial charge is 0.465 e. The van der Waals surface area contributed by atoms with E-state index in [0.717, 1.165) is 18.5 Å². The van der Waals surface area contributed by atoms with Crippen molar-refractivity contribution in [2.24, 2.45) is 0 Å². The normalized spacial score (nSPS) is 16.5. The van der Waals surface area contributed by atoms with Crippen molar-refractivity contribution in [1.29, 1.82) is 0 Å². The van der Waals surface area contributed by atoms with Crippen molar-refractivity contribution < 1.29 is 14.3 Å². The number of aryl methyl sites for hydroxylation is 1. The van der Waals surface area contributed by atoms with Gasteiger partial charge in [0, 0.05) is 11.7 Å². The number of H-pyrrole nitrogens is 1. The third-order valence-electron chi connectivity index (χ3n) is 4.74. The van der Waals surface area contributed by atoms with Crippen molar-refractivity contribution >= 4 is 11.9 Å². The summed E-state index contributed by atoms with van der Waals surface area (Å²) < 4.78 is 4.84. The first-order chi connectivity index (χ1) is 11.1. The van der Waals surface area contributed by atoms with Crippen molar-refractivity contribution in [3.8, 4) is 0 Å². The molecule has 1 aromatic rings. The van der Waals surface area contributed by atoms with E-state index in [1.165, 1.54) is 39.2 Å². The molecule has 0 spiro atoms. The first-order valence-electron chi connectivity index (χ1n) is 8.69. The van der Waals surface area contributed by atoms with Gasteiger partial charge in [-0.3, -0.25) is 4.79 Å². The van der Waals surface area contributed by atoms with Crippen LogP contribution in [0.4, 0.5) is 0 Å². The van der Waals surface area contributed by atoms with Crippen molar-refractivity contribution in [2.45, 2.75) is 71.3 Å². The Balaban J connectivity index is 2.15. The van der Waals surface area contributed by atoms with E-state index in [-0.39, 0.29) is 17.9 Å². The second kappa shape index (κ2) is 8.18. The Hall–Kier alpha value is -1.78. The third-order valence-corrected chi connectivity index (χ3v) is 4.74. The number of aromatic nitrogens is 1. The van der Waals surface area contributed by atoms with Crippen LogP contribution in [0.3, 0.4) is 0 Å². The molecule has 1 heterocycles. The van der Waals surface area contributed by atoms with Gasteiger partial charge >= 0.3 is 5.97 Å². The minimum atomic E-state index is -0.388. The molecule has 0 atom stereocenters. The van der Waals surface area contributed by atoms with E-state index >= 15 is 0 Å². The fourth-order valence-corrected chi connectivity index (χ4v) is 3.39. The number of amides is 1. The van der Waals surface area contributed by atoms with Crippen LogP contribution in [0.1, 0.15) is 84.0 Å². The predicted octanol–water partition coefficient (Wildman–Crippen LogP) is 3.51. The molecule has 1 aliphatic carbocycles. The van der Waals surface area contributed by atoms with Crippen molar-refractivity contribution in [3.05, 3.63) is 22.5 Å². The smallest absolute Gasteiger partial charge is 0.339 e. The summed E-state index contributed by atoms with van der Waals surface area (Å²) >= 11 is 0. The van der Waals surface area contributed by atoms with Gasteiger partial charge in [0.05, 0.1) is 12.7 Å². The maximum Gasteiger partial charge on any atom is 0.339 e. The lowest BCUT2D eigenvalue weighted by Gasteiger charge is -2.21. The SMILES string of the molecule is CCc1[nH]c(C(=O)NC2CCCCCCC2)c(C)c1C(=O)OC. The lowest BCUT2D eigenvalue weighted by Crippen LogP contribution is -2.35. The molecule has 5 nitrogen and oxygen atoms in total. The number of esters is 1. The highest BCUT2D eigenvalue weighted by molar-refractivity contribution is 6.00. The van der Waals surface area contributed by atoms with Gasteiger partial charge in [-0.2, -0.15) is 0 Å². The number of ether oxygens (including phenoxy) is 1. The second-order valence-corrected chi connectivity index (χ2v) is 6.34. The van der Waals surface area contributed by atoms with E-state index in [1.54, 1.807) is 6.92 Å². The Morgan fingerprint density at radius 2 is 1.78 bits per heavy atom. The molecular formula is C18H28N2O3. The summed E-state index contributed by atoms with van der Waals surface area (Å²) in [7, 11) is 1.36. The van der Waals surface area contributed by atoms with Gasteiger partial charge in [0.25, 0.3) is 5.91 Å². The summed E-state index contributed by atoms with van der Waals surface area (Å²) in [5, 5.41) is 3.14. The first-order valence-corrected chi connectivity index (χ1v) is 8.69. The molecule has 0 unspecified atom stereocenters. The molecule has 1 saturated carbocycles. The maximum absolute atomic E-state index is 12.6. The monoisotopic (exact) mass is 320 g/mol. The fraction of sp³-hybridized carbons (Fsp3) is 0.667. The van der Waals surface area contributed by atoms with E-state index in [4.69, 9.17) is 4.74 Å². The molecule has 1 amide bonds. The van der Waals surface area contributed by atoms with Gasteiger partial charge in [-0.25, -0.2) is 4.79 Å². The van der Waals surface area contributed by atoms with E-state index < -0.39 is 0 Å². The Kier molecular flexibility index (Phi) is 6.25. The van der Waals surface area contributed by atoms with Crippen LogP contribution in [-0.4, -0.2) is 30.0 Å². The van der Waals surface area contributed by atoms with Gasteiger partial charge in [-0.1, -0.05) is 39.0 Å². The minimum absolute atomic E-state index is 0.113. The maximum atomic E-state index is 12.6. The highest BCUT2D eigenvalue weighted by Gasteiger charge is 2.25. The molecule has 1 aromatic heterocycles. The summed E-state index contributed by atoms with van der Waals surface area (Å²) in [4.78, 5) is 27.7. The zero-order valence-electron chi connectivity index (χ0n) is 14.5. The molecule has 0 bridgehead atoms. The van der Waals surface area contributed by atoms with Crippen LogP contribution in [-0.2, 0) is 11.2 Å². The third kappa shape index (κ3) is 4.15.